The summed E-state index contributed by atoms with van der Waals surface area (Å²) in [7, 11) is 0. The molecule has 3 heteroatoms. The minimum atomic E-state index is -0.178. The Bertz CT molecular complexity index is 513. The van der Waals surface area contributed by atoms with Gasteiger partial charge in [-0.05, 0) is 50.1 Å². The molecule has 0 aliphatic carbocycles. The molecule has 2 nitrogen and oxygen atoms in total. The molecule has 2 rings (SSSR count). The van der Waals surface area contributed by atoms with Crippen LogP contribution in [0, 0.1) is 5.82 Å². The highest BCUT2D eigenvalue weighted by atomic mass is 19.1. The van der Waals surface area contributed by atoms with Crippen LogP contribution in [0.2, 0.25) is 0 Å². The molecule has 0 amide bonds. The van der Waals surface area contributed by atoms with Crippen molar-refractivity contribution in [3.8, 4) is 0 Å². The molecule has 1 N–H and O–H groups in total. The van der Waals surface area contributed by atoms with Gasteiger partial charge in [-0.3, -0.25) is 4.98 Å². The van der Waals surface area contributed by atoms with Crippen LogP contribution in [0.25, 0.3) is 0 Å². The molecule has 19 heavy (non-hydrogen) atoms. The summed E-state index contributed by atoms with van der Waals surface area (Å²) in [6.45, 7) is 4.19. The van der Waals surface area contributed by atoms with Crippen molar-refractivity contribution in [3.05, 3.63) is 65.7 Å². The van der Waals surface area contributed by atoms with E-state index in [1.807, 2.05) is 24.3 Å². The first-order chi connectivity index (χ1) is 9.15. The molecular weight excluding hydrogens is 239 g/mol. The van der Waals surface area contributed by atoms with Crippen molar-refractivity contribution in [2.24, 2.45) is 0 Å². The number of hydrogen-bond donors (Lipinski definition) is 1. The molecular formula is C16H19FN2. The number of hydrogen-bond acceptors (Lipinski definition) is 2. The third-order valence-corrected chi connectivity index (χ3v) is 3.10. The molecule has 1 aromatic heterocycles. The van der Waals surface area contributed by atoms with Crippen molar-refractivity contribution in [2.45, 2.75) is 32.4 Å². The highest BCUT2D eigenvalue weighted by Gasteiger charge is 2.10. The second-order valence-corrected chi connectivity index (χ2v) is 4.88. The van der Waals surface area contributed by atoms with E-state index in [0.29, 0.717) is 0 Å². The molecule has 0 aliphatic heterocycles. The van der Waals surface area contributed by atoms with Gasteiger partial charge in [0.25, 0.3) is 0 Å². The van der Waals surface area contributed by atoms with E-state index in [-0.39, 0.29) is 17.9 Å². The molecule has 100 valence electrons. The van der Waals surface area contributed by atoms with Gasteiger partial charge in [0.1, 0.15) is 5.82 Å². The van der Waals surface area contributed by atoms with E-state index in [1.165, 1.54) is 6.07 Å². The summed E-state index contributed by atoms with van der Waals surface area (Å²) in [5.74, 6) is -0.178. The predicted molar refractivity (Wildman–Crippen MR) is 75.4 cm³/mol. The standard InChI is InChI=1S/C16H19FN2/c1-12(10-14-6-5-7-15(17)11-14)19-13(2)16-8-3-4-9-18-16/h3-9,11-13,19H,10H2,1-2H3. The Morgan fingerprint density at radius 1 is 1.16 bits per heavy atom. The van der Waals surface area contributed by atoms with Crippen LogP contribution in [0.15, 0.2) is 48.7 Å². The Balaban J connectivity index is 1.92. The maximum absolute atomic E-state index is 13.1. The number of nitrogens with one attached hydrogen (secondary N) is 1. The van der Waals surface area contributed by atoms with E-state index in [2.05, 4.69) is 24.1 Å². The lowest BCUT2D eigenvalue weighted by atomic mass is 10.1. The number of benzene rings is 1. The van der Waals surface area contributed by atoms with E-state index in [4.69, 9.17) is 0 Å². The number of pyridine rings is 1. The summed E-state index contributed by atoms with van der Waals surface area (Å²) < 4.78 is 13.1. The van der Waals surface area contributed by atoms with Gasteiger partial charge in [0.05, 0.1) is 5.69 Å². The molecule has 1 aromatic carbocycles. The Labute approximate surface area is 113 Å². The fourth-order valence-electron chi connectivity index (χ4n) is 2.22. The van der Waals surface area contributed by atoms with E-state index in [9.17, 15) is 4.39 Å². The molecule has 0 aliphatic rings. The van der Waals surface area contributed by atoms with Crippen LogP contribution in [0.1, 0.15) is 31.1 Å². The van der Waals surface area contributed by atoms with Crippen molar-refractivity contribution in [3.63, 3.8) is 0 Å². The van der Waals surface area contributed by atoms with Crippen molar-refractivity contribution >= 4 is 0 Å². The van der Waals surface area contributed by atoms with Gasteiger partial charge >= 0.3 is 0 Å². The monoisotopic (exact) mass is 258 g/mol. The van der Waals surface area contributed by atoms with Crippen LogP contribution < -0.4 is 5.32 Å². The summed E-state index contributed by atoms with van der Waals surface area (Å²) >= 11 is 0. The van der Waals surface area contributed by atoms with Crippen molar-refractivity contribution in [2.75, 3.05) is 0 Å². The van der Waals surface area contributed by atoms with Gasteiger partial charge in [0.15, 0.2) is 0 Å². The first kappa shape index (κ1) is 13.7. The van der Waals surface area contributed by atoms with Gasteiger partial charge in [-0.2, -0.15) is 0 Å². The first-order valence-corrected chi connectivity index (χ1v) is 6.56. The van der Waals surface area contributed by atoms with Gasteiger partial charge < -0.3 is 5.32 Å². The van der Waals surface area contributed by atoms with Crippen LogP contribution >= 0.6 is 0 Å². The van der Waals surface area contributed by atoms with Crippen molar-refractivity contribution in [1.29, 1.82) is 0 Å². The lowest BCUT2D eigenvalue weighted by Crippen LogP contribution is -2.31. The molecule has 1 heterocycles. The zero-order chi connectivity index (χ0) is 13.7. The minimum Gasteiger partial charge on any atom is -0.306 e. The van der Waals surface area contributed by atoms with E-state index in [0.717, 1.165) is 17.7 Å². The zero-order valence-corrected chi connectivity index (χ0v) is 11.3. The van der Waals surface area contributed by atoms with Gasteiger partial charge in [-0.1, -0.05) is 18.2 Å². The fraction of sp³-hybridized carbons (Fsp3) is 0.312. The number of nitrogens with zero attached hydrogens (tertiary/aromatic N) is 1. The van der Waals surface area contributed by atoms with Gasteiger partial charge in [0, 0.05) is 18.3 Å². The number of aromatic nitrogens is 1. The fourth-order valence-corrected chi connectivity index (χ4v) is 2.22. The van der Waals surface area contributed by atoms with Crippen LogP contribution in [-0.4, -0.2) is 11.0 Å². The normalized spacial score (nSPS) is 14.1. The topological polar surface area (TPSA) is 24.9 Å². The van der Waals surface area contributed by atoms with Gasteiger partial charge in [-0.15, -0.1) is 0 Å². The Morgan fingerprint density at radius 3 is 2.68 bits per heavy atom. The second-order valence-electron chi connectivity index (χ2n) is 4.88. The molecule has 2 unspecified atom stereocenters. The smallest absolute Gasteiger partial charge is 0.123 e. The van der Waals surface area contributed by atoms with Crippen LogP contribution in [0.3, 0.4) is 0 Å². The van der Waals surface area contributed by atoms with Gasteiger partial charge in [-0.25, -0.2) is 4.39 Å². The molecule has 0 radical (unpaired) electrons. The van der Waals surface area contributed by atoms with E-state index < -0.39 is 0 Å². The molecule has 0 saturated heterocycles. The summed E-state index contributed by atoms with van der Waals surface area (Å²) in [6.07, 6.45) is 2.60. The SMILES string of the molecule is CC(Cc1cccc(F)c1)NC(C)c1ccccn1. The maximum atomic E-state index is 13.1. The Kier molecular flexibility index (Phi) is 4.63. The molecule has 0 spiro atoms. The average Bonchev–Trinajstić information content (AvgIpc) is 2.39. The molecule has 0 fully saturated rings. The third kappa shape index (κ3) is 4.14. The summed E-state index contributed by atoms with van der Waals surface area (Å²) in [5.41, 5.74) is 2.03. The Hall–Kier alpha value is -1.74. The largest absolute Gasteiger partial charge is 0.306 e. The maximum Gasteiger partial charge on any atom is 0.123 e. The van der Waals surface area contributed by atoms with Crippen LogP contribution in [-0.2, 0) is 6.42 Å². The molecule has 2 aromatic rings. The quantitative estimate of drug-likeness (QED) is 0.887. The highest BCUT2D eigenvalue weighted by molar-refractivity contribution is 5.17. The number of halogens is 1. The lowest BCUT2D eigenvalue weighted by Gasteiger charge is -2.19. The molecule has 2 atom stereocenters. The van der Waals surface area contributed by atoms with Crippen molar-refractivity contribution < 1.29 is 4.39 Å². The third-order valence-electron chi connectivity index (χ3n) is 3.10. The first-order valence-electron chi connectivity index (χ1n) is 6.56. The highest BCUT2D eigenvalue weighted by Crippen LogP contribution is 2.12. The molecule has 0 bridgehead atoms. The average molecular weight is 258 g/mol. The van der Waals surface area contributed by atoms with Crippen LogP contribution in [0.5, 0.6) is 0 Å². The summed E-state index contributed by atoms with van der Waals surface area (Å²) in [4.78, 5) is 4.33. The number of rotatable bonds is 5. The second kappa shape index (κ2) is 6.43. The van der Waals surface area contributed by atoms with E-state index in [1.54, 1.807) is 18.3 Å². The van der Waals surface area contributed by atoms with Crippen molar-refractivity contribution in [1.82, 2.24) is 10.3 Å². The minimum absolute atomic E-state index is 0.178. The lowest BCUT2D eigenvalue weighted by molar-refractivity contribution is 0.469. The summed E-state index contributed by atoms with van der Waals surface area (Å²) in [5, 5.41) is 3.48. The molecule has 0 saturated carbocycles. The van der Waals surface area contributed by atoms with Gasteiger partial charge in [0.2, 0.25) is 0 Å². The summed E-state index contributed by atoms with van der Waals surface area (Å²) in [6, 6.07) is 13.1. The predicted octanol–water partition coefficient (Wildman–Crippen LogP) is 3.50. The zero-order valence-electron chi connectivity index (χ0n) is 11.3. The van der Waals surface area contributed by atoms with E-state index >= 15 is 0 Å². The van der Waals surface area contributed by atoms with Crippen LogP contribution in [0.4, 0.5) is 4.39 Å². The Morgan fingerprint density at radius 2 is 2.00 bits per heavy atom.